The number of aryl methyl sites for hydroxylation is 2. The lowest BCUT2D eigenvalue weighted by Crippen LogP contribution is -2.31. The summed E-state index contributed by atoms with van der Waals surface area (Å²) in [4.78, 5) is 41.4. The summed E-state index contributed by atoms with van der Waals surface area (Å²) in [7, 11) is 1.29. The minimum Gasteiger partial charge on any atom is -0.464 e. The summed E-state index contributed by atoms with van der Waals surface area (Å²) in [5.41, 5.74) is 1.78. The molecule has 0 aliphatic heterocycles. The molecule has 0 atom stereocenters. The van der Waals surface area contributed by atoms with E-state index in [-0.39, 0.29) is 23.7 Å². The lowest BCUT2D eigenvalue weighted by molar-refractivity contribution is -0.117. The van der Waals surface area contributed by atoms with E-state index < -0.39 is 11.9 Å². The van der Waals surface area contributed by atoms with Gasteiger partial charge in [-0.05, 0) is 37.2 Å². The minimum atomic E-state index is -0.539. The number of hydrogen-bond acceptors (Lipinski definition) is 7. The molecule has 0 saturated heterocycles. The van der Waals surface area contributed by atoms with Gasteiger partial charge in [-0.3, -0.25) is 9.59 Å². The van der Waals surface area contributed by atoms with Gasteiger partial charge in [0.05, 0.1) is 12.8 Å². The minimum absolute atomic E-state index is 0.0622. The van der Waals surface area contributed by atoms with Crippen LogP contribution >= 0.6 is 11.3 Å². The van der Waals surface area contributed by atoms with Crippen molar-refractivity contribution < 1.29 is 14.3 Å². The van der Waals surface area contributed by atoms with E-state index in [1.54, 1.807) is 6.07 Å². The maximum Gasteiger partial charge on any atom is 0.357 e. The molecular formula is C18H22N4O4S. The molecule has 27 heavy (non-hydrogen) atoms. The van der Waals surface area contributed by atoms with Gasteiger partial charge in [-0.25, -0.2) is 14.5 Å². The lowest BCUT2D eigenvalue weighted by Gasteiger charge is -2.15. The molecule has 1 amide bonds. The standard InChI is InChI=1S/C18H22N4O4S/c1-10(2)16-15(17(25)26-3)20-18(27-16)19-13(23)9-22-14(24)8-11-6-4-5-7-12(11)21-22/h8,10H,4-7,9H2,1-3H3,(H,19,20,23). The van der Waals surface area contributed by atoms with Gasteiger partial charge in [0, 0.05) is 10.9 Å². The number of carbonyl (C=O) groups excluding carboxylic acids is 2. The number of amides is 1. The second-order valence-corrected chi connectivity index (χ2v) is 7.78. The Morgan fingerprint density at radius 3 is 2.78 bits per heavy atom. The molecule has 2 heterocycles. The molecule has 0 saturated carbocycles. The highest BCUT2D eigenvalue weighted by molar-refractivity contribution is 7.16. The second kappa shape index (κ2) is 7.99. The third-order valence-corrected chi connectivity index (χ3v) is 5.64. The number of thiazole rings is 1. The smallest absolute Gasteiger partial charge is 0.357 e. The van der Waals surface area contributed by atoms with Crippen LogP contribution in [0.15, 0.2) is 10.9 Å². The largest absolute Gasteiger partial charge is 0.464 e. The number of nitrogens with zero attached hydrogens (tertiary/aromatic N) is 3. The topological polar surface area (TPSA) is 103 Å². The molecule has 1 aliphatic rings. The highest BCUT2D eigenvalue weighted by Gasteiger charge is 2.22. The maximum atomic E-state index is 12.4. The first-order chi connectivity index (χ1) is 12.9. The molecule has 2 aromatic heterocycles. The summed E-state index contributed by atoms with van der Waals surface area (Å²) in [6.45, 7) is 3.67. The number of aromatic nitrogens is 3. The highest BCUT2D eigenvalue weighted by atomic mass is 32.1. The predicted molar refractivity (Wildman–Crippen MR) is 101 cm³/mol. The first-order valence-corrected chi connectivity index (χ1v) is 9.69. The van der Waals surface area contributed by atoms with Gasteiger partial charge in [-0.2, -0.15) is 5.10 Å². The van der Waals surface area contributed by atoms with Gasteiger partial charge >= 0.3 is 5.97 Å². The van der Waals surface area contributed by atoms with E-state index in [2.05, 4.69) is 15.4 Å². The van der Waals surface area contributed by atoms with Crippen LogP contribution in [0.1, 0.15) is 59.2 Å². The molecule has 8 nitrogen and oxygen atoms in total. The Labute approximate surface area is 160 Å². The molecule has 0 aromatic carbocycles. The quantitative estimate of drug-likeness (QED) is 0.785. The van der Waals surface area contributed by atoms with Gasteiger partial charge in [0.15, 0.2) is 10.8 Å². The Balaban J connectivity index is 1.77. The molecule has 9 heteroatoms. The zero-order valence-electron chi connectivity index (χ0n) is 15.6. The third-order valence-electron chi connectivity index (χ3n) is 4.37. The maximum absolute atomic E-state index is 12.4. The normalized spacial score (nSPS) is 13.3. The summed E-state index contributed by atoms with van der Waals surface area (Å²) in [5.74, 6) is -0.893. The second-order valence-electron chi connectivity index (χ2n) is 6.75. The molecule has 1 N–H and O–H groups in total. The van der Waals surface area contributed by atoms with Crippen LogP contribution in [0.5, 0.6) is 0 Å². The monoisotopic (exact) mass is 390 g/mol. The van der Waals surface area contributed by atoms with Gasteiger partial charge < -0.3 is 10.1 Å². The van der Waals surface area contributed by atoms with Crippen molar-refractivity contribution in [2.75, 3.05) is 12.4 Å². The molecule has 0 spiro atoms. The lowest BCUT2D eigenvalue weighted by atomic mass is 9.97. The molecule has 144 valence electrons. The van der Waals surface area contributed by atoms with Crippen LogP contribution in [0.2, 0.25) is 0 Å². The Morgan fingerprint density at radius 1 is 1.33 bits per heavy atom. The fourth-order valence-corrected chi connectivity index (χ4v) is 4.00. The van der Waals surface area contributed by atoms with Crippen molar-refractivity contribution >= 4 is 28.3 Å². The van der Waals surface area contributed by atoms with Crippen LogP contribution in [0.4, 0.5) is 5.13 Å². The van der Waals surface area contributed by atoms with Gasteiger partial charge in [0.2, 0.25) is 5.91 Å². The Hall–Kier alpha value is -2.55. The third kappa shape index (κ3) is 4.24. The van der Waals surface area contributed by atoms with Crippen molar-refractivity contribution in [3.05, 3.63) is 38.2 Å². The SMILES string of the molecule is COC(=O)c1nc(NC(=O)Cn2nc3c(cc2=O)CCCC3)sc1C(C)C. The van der Waals surface area contributed by atoms with Crippen LogP contribution in [-0.2, 0) is 28.9 Å². The van der Waals surface area contributed by atoms with E-state index >= 15 is 0 Å². The van der Waals surface area contributed by atoms with Crippen LogP contribution in [0.3, 0.4) is 0 Å². The number of carbonyl (C=O) groups is 2. The molecule has 3 rings (SSSR count). The number of anilines is 1. The van der Waals surface area contributed by atoms with E-state index in [1.807, 2.05) is 13.8 Å². The van der Waals surface area contributed by atoms with Crippen molar-refractivity contribution in [1.29, 1.82) is 0 Å². The summed E-state index contributed by atoms with van der Waals surface area (Å²) < 4.78 is 5.92. The molecule has 0 bridgehead atoms. The van der Waals surface area contributed by atoms with E-state index in [1.165, 1.54) is 23.1 Å². The number of fused-ring (bicyclic) bond motifs is 1. The zero-order chi connectivity index (χ0) is 19.6. The van der Waals surface area contributed by atoms with Crippen LogP contribution in [0, 0.1) is 0 Å². The average Bonchev–Trinajstić information content (AvgIpc) is 3.05. The van der Waals surface area contributed by atoms with Gasteiger partial charge in [-0.1, -0.05) is 13.8 Å². The molecule has 1 aliphatic carbocycles. The van der Waals surface area contributed by atoms with E-state index in [9.17, 15) is 14.4 Å². The number of hydrogen-bond donors (Lipinski definition) is 1. The van der Waals surface area contributed by atoms with Crippen molar-refractivity contribution in [2.24, 2.45) is 0 Å². The van der Waals surface area contributed by atoms with Crippen molar-refractivity contribution in [3.63, 3.8) is 0 Å². The molecule has 0 unspecified atom stereocenters. The van der Waals surface area contributed by atoms with E-state index in [0.717, 1.165) is 41.8 Å². The molecule has 2 aromatic rings. The molecule has 0 radical (unpaired) electrons. The summed E-state index contributed by atoms with van der Waals surface area (Å²) in [5, 5.41) is 7.29. The van der Waals surface area contributed by atoms with Gasteiger partial charge in [-0.15, -0.1) is 11.3 Å². The van der Waals surface area contributed by atoms with Crippen LogP contribution in [-0.4, -0.2) is 33.8 Å². The van der Waals surface area contributed by atoms with E-state index in [0.29, 0.717) is 5.13 Å². The molecule has 0 fully saturated rings. The number of esters is 1. The number of ether oxygens (including phenoxy) is 1. The summed E-state index contributed by atoms with van der Waals surface area (Å²) in [6, 6.07) is 1.57. The van der Waals surface area contributed by atoms with Gasteiger partial charge in [0.1, 0.15) is 6.54 Å². The Bertz CT molecular complexity index is 932. The average molecular weight is 390 g/mol. The number of nitrogens with one attached hydrogen (secondary N) is 1. The van der Waals surface area contributed by atoms with Crippen molar-refractivity contribution in [1.82, 2.24) is 14.8 Å². The molecular weight excluding hydrogens is 368 g/mol. The fourth-order valence-electron chi connectivity index (χ4n) is 3.03. The fraction of sp³-hybridized carbons (Fsp3) is 0.500. The van der Waals surface area contributed by atoms with Gasteiger partial charge in [0.25, 0.3) is 5.56 Å². The first kappa shape index (κ1) is 19.2. The first-order valence-electron chi connectivity index (χ1n) is 8.88. The van der Waals surface area contributed by atoms with Crippen LogP contribution < -0.4 is 10.9 Å². The zero-order valence-corrected chi connectivity index (χ0v) is 16.4. The summed E-state index contributed by atoms with van der Waals surface area (Å²) in [6.07, 6.45) is 3.78. The van der Waals surface area contributed by atoms with E-state index in [4.69, 9.17) is 4.74 Å². The highest BCUT2D eigenvalue weighted by Crippen LogP contribution is 2.30. The number of rotatable bonds is 5. The Kier molecular flexibility index (Phi) is 5.69. The van der Waals surface area contributed by atoms with Crippen molar-refractivity contribution in [2.45, 2.75) is 52.0 Å². The number of methoxy groups -OCH3 is 1. The Morgan fingerprint density at radius 2 is 2.07 bits per heavy atom. The predicted octanol–water partition coefficient (Wildman–Crippen LogP) is 2.13. The van der Waals surface area contributed by atoms with Crippen molar-refractivity contribution in [3.8, 4) is 0 Å². The summed E-state index contributed by atoms with van der Waals surface area (Å²) >= 11 is 1.23. The van der Waals surface area contributed by atoms with Crippen LogP contribution in [0.25, 0.3) is 0 Å².